The van der Waals surface area contributed by atoms with Crippen LogP contribution < -0.4 is 0 Å². The highest BCUT2D eigenvalue weighted by molar-refractivity contribution is 7.99. The number of benzene rings is 1. The number of hydrazone groups is 1. The van der Waals surface area contributed by atoms with Gasteiger partial charge in [-0.05, 0) is 38.5 Å². The van der Waals surface area contributed by atoms with Gasteiger partial charge >= 0.3 is 0 Å². The molecule has 144 valence electrons. The summed E-state index contributed by atoms with van der Waals surface area (Å²) in [4.78, 5) is 17.3. The van der Waals surface area contributed by atoms with Crippen LogP contribution in [0, 0.1) is 20.8 Å². The van der Waals surface area contributed by atoms with Gasteiger partial charge in [0.2, 0.25) is 0 Å². The van der Waals surface area contributed by atoms with Gasteiger partial charge in [-0.15, -0.1) is 0 Å². The van der Waals surface area contributed by atoms with Crippen LogP contribution in [0.3, 0.4) is 0 Å². The number of carbonyl (C=O) groups excluding carboxylic acids is 1. The van der Waals surface area contributed by atoms with Crippen molar-refractivity contribution in [1.29, 1.82) is 0 Å². The average molecular weight is 395 g/mol. The van der Waals surface area contributed by atoms with E-state index in [1.807, 2.05) is 57.2 Å². The largest absolute Gasteiger partial charge is 0.467 e. The Balaban J connectivity index is 1.55. The van der Waals surface area contributed by atoms with Gasteiger partial charge in [0.25, 0.3) is 11.1 Å². The number of amides is 1. The molecule has 1 unspecified atom stereocenters. The van der Waals surface area contributed by atoms with Crippen molar-refractivity contribution in [1.82, 2.24) is 9.99 Å². The monoisotopic (exact) mass is 395 g/mol. The Morgan fingerprint density at radius 1 is 1.21 bits per heavy atom. The van der Waals surface area contributed by atoms with E-state index in [1.165, 1.54) is 22.3 Å². The molecular formula is C21H21N3O3S. The first-order valence-electron chi connectivity index (χ1n) is 9.08. The zero-order chi connectivity index (χ0) is 19.7. The first-order valence-corrected chi connectivity index (χ1v) is 10.1. The summed E-state index contributed by atoms with van der Waals surface area (Å²) >= 11 is 1.28. The van der Waals surface area contributed by atoms with E-state index in [-0.39, 0.29) is 17.7 Å². The van der Waals surface area contributed by atoms with E-state index in [0.717, 1.165) is 28.5 Å². The highest BCUT2D eigenvalue weighted by atomic mass is 32.2. The van der Waals surface area contributed by atoms with Crippen LogP contribution in [0.15, 0.2) is 61.8 Å². The quantitative estimate of drug-likeness (QED) is 0.588. The molecule has 3 heterocycles. The molecule has 28 heavy (non-hydrogen) atoms. The maximum absolute atomic E-state index is 12.9. The summed E-state index contributed by atoms with van der Waals surface area (Å²) < 4.78 is 11.1. The number of hydrogen-bond donors (Lipinski definition) is 0. The molecule has 0 aliphatic carbocycles. The fourth-order valence-electron chi connectivity index (χ4n) is 3.06. The van der Waals surface area contributed by atoms with Gasteiger partial charge in [-0.3, -0.25) is 4.79 Å². The van der Waals surface area contributed by atoms with Crippen LogP contribution >= 0.6 is 11.8 Å². The molecule has 3 aromatic rings. The van der Waals surface area contributed by atoms with Crippen molar-refractivity contribution >= 4 is 23.4 Å². The number of carbonyl (C=O) groups is 1. The fraction of sp³-hybridized carbons (Fsp3) is 0.286. The smallest absolute Gasteiger partial charge is 0.256 e. The van der Waals surface area contributed by atoms with E-state index in [1.54, 1.807) is 6.26 Å². The van der Waals surface area contributed by atoms with Gasteiger partial charge in [-0.25, -0.2) is 9.99 Å². The molecule has 1 aliphatic heterocycles. The van der Waals surface area contributed by atoms with Crippen LogP contribution in [-0.2, 0) is 4.79 Å². The van der Waals surface area contributed by atoms with Crippen molar-refractivity contribution in [2.24, 2.45) is 5.10 Å². The standard InChI is InChI=1S/C21H21N3O3S/c1-13-6-8-16(9-7-13)17-11-18(19-5-4-10-26-19)24(23-17)20(25)12-28-21-22-14(2)15(3)27-21/h4-10,18H,11-12H2,1-3H3. The van der Waals surface area contributed by atoms with Gasteiger partial charge < -0.3 is 8.83 Å². The molecule has 0 bridgehead atoms. The molecule has 6 nitrogen and oxygen atoms in total. The lowest BCUT2D eigenvalue weighted by molar-refractivity contribution is -0.130. The van der Waals surface area contributed by atoms with Gasteiger partial charge in [0.1, 0.15) is 17.6 Å². The van der Waals surface area contributed by atoms with Crippen molar-refractivity contribution in [3.63, 3.8) is 0 Å². The summed E-state index contributed by atoms with van der Waals surface area (Å²) in [6, 6.07) is 11.6. The van der Waals surface area contributed by atoms with Crippen molar-refractivity contribution in [3.05, 3.63) is 71.0 Å². The van der Waals surface area contributed by atoms with Crippen molar-refractivity contribution in [2.45, 2.75) is 38.5 Å². The Hall–Kier alpha value is -2.80. The number of thioether (sulfide) groups is 1. The number of rotatable bonds is 5. The molecular weight excluding hydrogens is 374 g/mol. The van der Waals surface area contributed by atoms with Crippen LogP contribution in [0.4, 0.5) is 0 Å². The Labute approximate surface area is 167 Å². The summed E-state index contributed by atoms with van der Waals surface area (Å²) in [6.07, 6.45) is 2.24. The topological polar surface area (TPSA) is 71.8 Å². The maximum atomic E-state index is 12.9. The van der Waals surface area contributed by atoms with Gasteiger partial charge in [0.05, 0.1) is 23.4 Å². The number of oxazole rings is 1. The third-order valence-corrected chi connectivity index (χ3v) is 5.56. The van der Waals surface area contributed by atoms with Gasteiger partial charge in [-0.2, -0.15) is 5.10 Å². The van der Waals surface area contributed by atoms with Crippen LogP contribution in [0.5, 0.6) is 0 Å². The normalized spacial score (nSPS) is 16.5. The molecule has 0 saturated carbocycles. The Morgan fingerprint density at radius 2 is 2.00 bits per heavy atom. The van der Waals surface area contributed by atoms with Crippen molar-refractivity contribution < 1.29 is 13.6 Å². The summed E-state index contributed by atoms with van der Waals surface area (Å²) in [6.45, 7) is 5.79. The van der Waals surface area contributed by atoms with Gasteiger partial charge in [-0.1, -0.05) is 41.6 Å². The number of nitrogens with zero attached hydrogens (tertiary/aromatic N) is 3. The minimum absolute atomic E-state index is 0.109. The summed E-state index contributed by atoms with van der Waals surface area (Å²) in [5.41, 5.74) is 3.92. The molecule has 1 aliphatic rings. The second-order valence-corrected chi connectivity index (χ2v) is 7.72. The lowest BCUT2D eigenvalue weighted by atomic mass is 10.0. The van der Waals surface area contributed by atoms with Gasteiger partial charge in [0, 0.05) is 6.42 Å². The molecule has 0 N–H and O–H groups in total. The molecule has 0 radical (unpaired) electrons. The minimum Gasteiger partial charge on any atom is -0.467 e. The van der Waals surface area contributed by atoms with E-state index in [4.69, 9.17) is 8.83 Å². The minimum atomic E-state index is -0.243. The molecule has 2 aromatic heterocycles. The molecule has 1 amide bonds. The second kappa shape index (κ2) is 7.67. The molecule has 7 heteroatoms. The second-order valence-electron chi connectivity index (χ2n) is 6.80. The molecule has 0 fully saturated rings. The lowest BCUT2D eigenvalue weighted by Crippen LogP contribution is -2.28. The Bertz CT molecular complexity index is 987. The van der Waals surface area contributed by atoms with Gasteiger partial charge in [0.15, 0.2) is 0 Å². The number of furan rings is 1. The van der Waals surface area contributed by atoms with E-state index in [9.17, 15) is 4.79 Å². The third-order valence-electron chi connectivity index (χ3n) is 4.75. The summed E-state index contributed by atoms with van der Waals surface area (Å²) in [7, 11) is 0. The zero-order valence-corrected chi connectivity index (χ0v) is 16.8. The Morgan fingerprint density at radius 3 is 2.64 bits per heavy atom. The maximum Gasteiger partial charge on any atom is 0.256 e. The number of hydrogen-bond acceptors (Lipinski definition) is 6. The van der Waals surface area contributed by atoms with Crippen LogP contribution in [0.1, 0.15) is 40.8 Å². The van der Waals surface area contributed by atoms with Crippen molar-refractivity contribution in [2.75, 3.05) is 5.75 Å². The third kappa shape index (κ3) is 3.75. The first-order chi connectivity index (χ1) is 13.5. The predicted molar refractivity (Wildman–Crippen MR) is 107 cm³/mol. The van der Waals surface area contributed by atoms with Crippen LogP contribution in [0.25, 0.3) is 0 Å². The average Bonchev–Trinajstić information content (AvgIpc) is 3.41. The molecule has 4 rings (SSSR count). The molecule has 1 aromatic carbocycles. The molecule has 0 saturated heterocycles. The van der Waals surface area contributed by atoms with E-state index in [0.29, 0.717) is 11.6 Å². The number of aryl methyl sites for hydroxylation is 3. The van der Waals surface area contributed by atoms with Crippen molar-refractivity contribution in [3.8, 4) is 0 Å². The van der Waals surface area contributed by atoms with E-state index in [2.05, 4.69) is 10.1 Å². The first kappa shape index (κ1) is 18.6. The Kier molecular flexibility index (Phi) is 5.09. The van der Waals surface area contributed by atoms with E-state index < -0.39 is 0 Å². The molecule has 1 atom stereocenters. The summed E-state index contributed by atoms with van der Waals surface area (Å²) in [5.74, 6) is 1.58. The van der Waals surface area contributed by atoms with Crippen LogP contribution in [0.2, 0.25) is 0 Å². The highest BCUT2D eigenvalue weighted by Gasteiger charge is 2.34. The number of aromatic nitrogens is 1. The van der Waals surface area contributed by atoms with E-state index >= 15 is 0 Å². The summed E-state index contributed by atoms with van der Waals surface area (Å²) in [5, 5.41) is 6.67. The highest BCUT2D eigenvalue weighted by Crippen LogP contribution is 2.34. The fourth-order valence-corrected chi connectivity index (χ4v) is 3.82. The lowest BCUT2D eigenvalue weighted by Gasteiger charge is -2.19. The van der Waals surface area contributed by atoms with Crippen LogP contribution in [-0.4, -0.2) is 27.4 Å². The molecule has 0 spiro atoms. The predicted octanol–water partition coefficient (Wildman–Crippen LogP) is 4.66. The zero-order valence-electron chi connectivity index (χ0n) is 16.0. The SMILES string of the molecule is Cc1ccc(C2=NN(C(=O)CSc3nc(C)c(C)o3)C(c3ccco3)C2)cc1.